The molecule has 0 spiro atoms. The van der Waals surface area contributed by atoms with Crippen LogP contribution in [0.3, 0.4) is 0 Å². The number of carbonyl (C=O) groups excluding carboxylic acids is 3. The van der Waals surface area contributed by atoms with Gasteiger partial charge in [-0.25, -0.2) is 9.59 Å². The van der Waals surface area contributed by atoms with E-state index in [0.717, 1.165) is 22.9 Å². The average Bonchev–Trinajstić information content (AvgIpc) is 3.07. The maximum Gasteiger partial charge on any atom is 0.410 e. The number of nitrogens with one attached hydrogen (secondary N) is 1. The number of piperidine rings is 1. The van der Waals surface area contributed by atoms with Gasteiger partial charge in [0, 0.05) is 45.0 Å². The summed E-state index contributed by atoms with van der Waals surface area (Å²) in [6.07, 6.45) is 0.487. The number of hydrogen-bond acceptors (Lipinski definition) is 6. The highest BCUT2D eigenvalue weighted by atomic mass is 16.6. The highest BCUT2D eigenvalue weighted by Crippen LogP contribution is 2.35. The van der Waals surface area contributed by atoms with Crippen molar-refractivity contribution in [3.63, 3.8) is 0 Å². The first-order valence-corrected chi connectivity index (χ1v) is 11.2. The van der Waals surface area contributed by atoms with Crippen molar-refractivity contribution in [3.05, 3.63) is 23.8 Å². The second kappa shape index (κ2) is 8.66. The Morgan fingerprint density at radius 1 is 1.21 bits per heavy atom. The van der Waals surface area contributed by atoms with E-state index >= 15 is 0 Å². The molecule has 1 aromatic heterocycles. The molecule has 10 nitrogen and oxygen atoms in total. The Hall–Kier alpha value is -3.14. The van der Waals surface area contributed by atoms with E-state index in [1.165, 1.54) is 4.90 Å². The van der Waals surface area contributed by atoms with E-state index in [1.807, 2.05) is 40.0 Å². The van der Waals surface area contributed by atoms with Crippen molar-refractivity contribution in [2.45, 2.75) is 51.2 Å². The van der Waals surface area contributed by atoms with Crippen LogP contribution in [0, 0.1) is 0 Å². The van der Waals surface area contributed by atoms with Crippen LogP contribution in [0.4, 0.5) is 15.4 Å². The zero-order valence-electron chi connectivity index (χ0n) is 19.8. The zero-order chi connectivity index (χ0) is 23.9. The van der Waals surface area contributed by atoms with E-state index in [0.29, 0.717) is 25.5 Å². The normalized spacial score (nSPS) is 22.0. The van der Waals surface area contributed by atoms with Gasteiger partial charge in [0.05, 0.1) is 18.2 Å². The molecule has 2 saturated heterocycles. The van der Waals surface area contributed by atoms with Gasteiger partial charge in [-0.2, -0.15) is 5.10 Å². The molecule has 0 aliphatic carbocycles. The minimum Gasteiger partial charge on any atom is -0.444 e. The zero-order valence-corrected chi connectivity index (χ0v) is 19.8. The van der Waals surface area contributed by atoms with Crippen LogP contribution >= 0.6 is 0 Å². The highest BCUT2D eigenvalue weighted by Gasteiger charge is 2.35. The van der Waals surface area contributed by atoms with Gasteiger partial charge in [0.1, 0.15) is 5.60 Å². The molecule has 2 aliphatic heterocycles. The number of aryl methyl sites for hydroxylation is 1. The number of benzene rings is 1. The third-order valence-electron chi connectivity index (χ3n) is 6.11. The molecule has 0 bridgehead atoms. The summed E-state index contributed by atoms with van der Waals surface area (Å²) < 4.78 is 13.0. The Morgan fingerprint density at radius 3 is 2.64 bits per heavy atom. The number of imide groups is 1. The maximum absolute atomic E-state index is 12.5. The first kappa shape index (κ1) is 23.0. The molecule has 4 rings (SSSR count). The van der Waals surface area contributed by atoms with Crippen LogP contribution in [0.15, 0.2) is 18.2 Å². The third-order valence-corrected chi connectivity index (χ3v) is 6.11. The Kier molecular flexibility index (Phi) is 6.04. The molecular formula is C23H31N5O5. The molecule has 1 aromatic carbocycles. The Labute approximate surface area is 192 Å². The van der Waals surface area contributed by atoms with Gasteiger partial charge in [0.25, 0.3) is 0 Å². The number of fused-ring (bicyclic) bond motifs is 1. The van der Waals surface area contributed by atoms with Gasteiger partial charge in [-0.1, -0.05) is 6.07 Å². The number of rotatable bonds is 3. The molecule has 0 radical (unpaired) electrons. The molecule has 0 saturated carbocycles. The van der Waals surface area contributed by atoms with E-state index < -0.39 is 11.6 Å². The number of methoxy groups -OCH3 is 1. The second-order valence-electron chi connectivity index (χ2n) is 9.57. The summed E-state index contributed by atoms with van der Waals surface area (Å²) in [6.45, 7) is 6.90. The van der Waals surface area contributed by atoms with E-state index in [2.05, 4.69) is 16.5 Å². The second-order valence-corrected chi connectivity index (χ2v) is 9.57. The first-order valence-electron chi connectivity index (χ1n) is 11.2. The standard InChI is InChI=1S/C23H31N5O5/c1-23(2,3)33-22(31)27-10-8-15(18(13-27)32-5)14-6-7-16-17(12-14)26(4)25-20(16)28-11-9-19(29)24-21(28)30/h6-7,12,15,18H,8-11,13H2,1-5H3,(H,24,29,30). The van der Waals surface area contributed by atoms with Gasteiger partial charge in [-0.3, -0.25) is 19.7 Å². The lowest BCUT2D eigenvalue weighted by molar-refractivity contribution is -0.120. The monoisotopic (exact) mass is 457 g/mol. The smallest absolute Gasteiger partial charge is 0.410 e. The molecule has 2 aromatic rings. The lowest BCUT2D eigenvalue weighted by Crippen LogP contribution is -2.49. The van der Waals surface area contributed by atoms with Crippen LogP contribution in [0.1, 0.15) is 45.1 Å². The molecule has 178 valence electrons. The van der Waals surface area contributed by atoms with E-state index in [-0.39, 0.29) is 30.4 Å². The number of carbonyl (C=O) groups is 3. The summed E-state index contributed by atoms with van der Waals surface area (Å²) in [6, 6.07) is 5.60. The van der Waals surface area contributed by atoms with Gasteiger partial charge >= 0.3 is 12.1 Å². The number of ether oxygens (including phenoxy) is 2. The van der Waals surface area contributed by atoms with Gasteiger partial charge < -0.3 is 14.4 Å². The number of nitrogens with zero attached hydrogens (tertiary/aromatic N) is 4. The number of aromatic nitrogens is 2. The average molecular weight is 458 g/mol. The lowest BCUT2D eigenvalue weighted by Gasteiger charge is -2.38. The van der Waals surface area contributed by atoms with E-state index in [9.17, 15) is 14.4 Å². The summed E-state index contributed by atoms with van der Waals surface area (Å²) >= 11 is 0. The fourth-order valence-corrected chi connectivity index (χ4v) is 4.48. The fraction of sp³-hybridized carbons (Fsp3) is 0.565. The van der Waals surface area contributed by atoms with Crippen molar-refractivity contribution in [2.24, 2.45) is 7.05 Å². The van der Waals surface area contributed by atoms with Crippen molar-refractivity contribution in [3.8, 4) is 0 Å². The number of anilines is 1. The summed E-state index contributed by atoms with van der Waals surface area (Å²) in [5, 5.41) is 7.74. The molecule has 2 aliphatic rings. The Morgan fingerprint density at radius 2 is 1.97 bits per heavy atom. The molecule has 2 fully saturated rings. The minimum absolute atomic E-state index is 0.104. The van der Waals surface area contributed by atoms with Crippen molar-refractivity contribution in [2.75, 3.05) is 31.6 Å². The lowest BCUT2D eigenvalue weighted by atomic mass is 9.86. The molecule has 2 unspecified atom stereocenters. The molecule has 4 amide bonds. The molecule has 3 heterocycles. The topological polar surface area (TPSA) is 106 Å². The summed E-state index contributed by atoms with van der Waals surface area (Å²) in [5.74, 6) is 0.363. The van der Waals surface area contributed by atoms with Crippen molar-refractivity contribution in [1.82, 2.24) is 20.0 Å². The summed E-state index contributed by atoms with van der Waals surface area (Å²) in [5.41, 5.74) is 1.43. The summed E-state index contributed by atoms with van der Waals surface area (Å²) in [7, 11) is 3.49. The van der Waals surface area contributed by atoms with Crippen LogP contribution in [0.2, 0.25) is 0 Å². The van der Waals surface area contributed by atoms with E-state index in [4.69, 9.17) is 9.47 Å². The highest BCUT2D eigenvalue weighted by molar-refractivity contribution is 6.08. The van der Waals surface area contributed by atoms with Crippen LogP contribution in [-0.2, 0) is 21.3 Å². The predicted molar refractivity (Wildman–Crippen MR) is 122 cm³/mol. The van der Waals surface area contributed by atoms with Crippen LogP contribution in [0.25, 0.3) is 10.9 Å². The SMILES string of the molecule is COC1CN(C(=O)OC(C)(C)C)CCC1c1ccc2c(N3CCC(=O)NC3=O)nn(C)c2c1. The van der Waals surface area contributed by atoms with Gasteiger partial charge in [-0.05, 0) is 44.9 Å². The quantitative estimate of drug-likeness (QED) is 0.760. The molecule has 33 heavy (non-hydrogen) atoms. The molecular weight excluding hydrogens is 426 g/mol. The maximum atomic E-state index is 12.5. The molecule has 2 atom stereocenters. The minimum atomic E-state index is -0.544. The number of urea groups is 1. The predicted octanol–water partition coefficient (Wildman–Crippen LogP) is 2.76. The van der Waals surface area contributed by atoms with Crippen molar-refractivity contribution >= 4 is 34.8 Å². The third kappa shape index (κ3) is 4.66. The molecule has 10 heteroatoms. The first-order chi connectivity index (χ1) is 15.6. The summed E-state index contributed by atoms with van der Waals surface area (Å²) in [4.78, 5) is 39.5. The van der Waals surface area contributed by atoms with Crippen molar-refractivity contribution in [1.29, 1.82) is 0 Å². The number of amides is 4. The Balaban J connectivity index is 1.56. The van der Waals surface area contributed by atoms with Crippen molar-refractivity contribution < 1.29 is 23.9 Å². The van der Waals surface area contributed by atoms with Gasteiger partial charge in [-0.15, -0.1) is 0 Å². The van der Waals surface area contributed by atoms with Crippen LogP contribution in [0.5, 0.6) is 0 Å². The molecule has 1 N–H and O–H groups in total. The van der Waals surface area contributed by atoms with Gasteiger partial charge in [0.15, 0.2) is 5.82 Å². The van der Waals surface area contributed by atoms with Crippen LogP contribution in [-0.4, -0.2) is 71.2 Å². The largest absolute Gasteiger partial charge is 0.444 e. The van der Waals surface area contributed by atoms with Crippen LogP contribution < -0.4 is 10.2 Å². The number of hydrogen-bond donors (Lipinski definition) is 1. The fourth-order valence-electron chi connectivity index (χ4n) is 4.48. The number of likely N-dealkylation sites (tertiary alicyclic amines) is 1. The Bertz CT molecular complexity index is 1090. The van der Waals surface area contributed by atoms with E-state index in [1.54, 1.807) is 16.7 Å². The van der Waals surface area contributed by atoms with Gasteiger partial charge in [0.2, 0.25) is 5.91 Å².